The summed E-state index contributed by atoms with van der Waals surface area (Å²) in [6.07, 6.45) is 1.36. The number of ether oxygens (including phenoxy) is 1. The van der Waals surface area contributed by atoms with Gasteiger partial charge < -0.3 is 4.74 Å². The Hall–Kier alpha value is -3.91. The average Bonchev–Trinajstić information content (AvgIpc) is 2.77. The molecule has 0 radical (unpaired) electrons. The Bertz CT molecular complexity index is 1260. The molecule has 0 atom stereocenters. The predicted molar refractivity (Wildman–Crippen MR) is 120 cm³/mol. The highest BCUT2D eigenvalue weighted by Crippen LogP contribution is 2.27. The minimum absolute atomic E-state index is 0.0657. The molecule has 1 aliphatic rings. The normalized spacial score (nSPS) is 15.1. The van der Waals surface area contributed by atoms with E-state index < -0.39 is 17.6 Å². The molecule has 2 amide bonds. The Kier molecular flexibility index (Phi) is 6.04. The first-order valence-electron chi connectivity index (χ1n) is 9.56. The Morgan fingerprint density at radius 2 is 1.72 bits per heavy atom. The van der Waals surface area contributed by atoms with Gasteiger partial charge in [0.15, 0.2) is 5.11 Å². The standard InChI is InChI=1S/C24H16F2N2O3S/c25-17-8-5-6-15(12-17)14-31-21-11-4-1-7-16(21)13-18-22(29)27-24(32)28(23(18)30)20-10-3-2-9-19(20)26/h1-13H,14H2,(H,27,29,32)/b18-13+. The van der Waals surface area contributed by atoms with Gasteiger partial charge in [-0.1, -0.05) is 42.5 Å². The summed E-state index contributed by atoms with van der Waals surface area (Å²) in [7, 11) is 0. The lowest BCUT2D eigenvalue weighted by atomic mass is 10.1. The van der Waals surface area contributed by atoms with E-state index in [-0.39, 0.29) is 28.8 Å². The second-order valence-corrected chi connectivity index (χ2v) is 7.25. The van der Waals surface area contributed by atoms with Crippen LogP contribution in [0.2, 0.25) is 0 Å². The molecule has 3 aromatic carbocycles. The van der Waals surface area contributed by atoms with Gasteiger partial charge in [-0.15, -0.1) is 0 Å². The summed E-state index contributed by atoms with van der Waals surface area (Å²) in [5.41, 5.74) is 0.770. The molecule has 0 saturated carbocycles. The molecular formula is C24H16F2N2O3S. The molecule has 1 fully saturated rings. The van der Waals surface area contributed by atoms with Crippen molar-refractivity contribution >= 4 is 40.9 Å². The third-order valence-corrected chi connectivity index (χ3v) is 4.98. The van der Waals surface area contributed by atoms with E-state index in [4.69, 9.17) is 17.0 Å². The van der Waals surface area contributed by atoms with E-state index in [0.717, 1.165) is 4.90 Å². The van der Waals surface area contributed by atoms with Crippen molar-refractivity contribution in [3.05, 3.63) is 101 Å². The summed E-state index contributed by atoms with van der Waals surface area (Å²) in [6.45, 7) is 0.0868. The monoisotopic (exact) mass is 450 g/mol. The summed E-state index contributed by atoms with van der Waals surface area (Å²) in [5.74, 6) is -2.11. The highest BCUT2D eigenvalue weighted by atomic mass is 32.1. The number of nitrogens with zero attached hydrogens (tertiary/aromatic N) is 1. The lowest BCUT2D eigenvalue weighted by molar-refractivity contribution is -0.122. The van der Waals surface area contributed by atoms with Gasteiger partial charge in [-0.05, 0) is 54.2 Å². The van der Waals surface area contributed by atoms with Crippen LogP contribution in [-0.2, 0) is 16.2 Å². The lowest BCUT2D eigenvalue weighted by Gasteiger charge is -2.29. The van der Waals surface area contributed by atoms with Gasteiger partial charge >= 0.3 is 0 Å². The first-order chi connectivity index (χ1) is 15.4. The van der Waals surface area contributed by atoms with E-state index in [9.17, 15) is 18.4 Å². The van der Waals surface area contributed by atoms with Crippen molar-refractivity contribution in [2.45, 2.75) is 6.61 Å². The zero-order chi connectivity index (χ0) is 22.7. The van der Waals surface area contributed by atoms with Crippen molar-refractivity contribution in [3.63, 3.8) is 0 Å². The van der Waals surface area contributed by atoms with Crippen LogP contribution in [0.3, 0.4) is 0 Å². The topological polar surface area (TPSA) is 58.6 Å². The molecule has 8 heteroatoms. The van der Waals surface area contributed by atoms with Crippen LogP contribution in [0.15, 0.2) is 78.4 Å². The molecule has 0 spiro atoms. The van der Waals surface area contributed by atoms with Gasteiger partial charge in [0.1, 0.15) is 29.6 Å². The van der Waals surface area contributed by atoms with Crippen LogP contribution in [0.1, 0.15) is 11.1 Å². The fourth-order valence-electron chi connectivity index (χ4n) is 3.18. The van der Waals surface area contributed by atoms with Crippen molar-refractivity contribution in [1.82, 2.24) is 5.32 Å². The second kappa shape index (κ2) is 9.07. The van der Waals surface area contributed by atoms with E-state index in [2.05, 4.69) is 5.32 Å². The van der Waals surface area contributed by atoms with E-state index in [1.807, 2.05) is 0 Å². The fraction of sp³-hybridized carbons (Fsp3) is 0.0417. The maximum absolute atomic E-state index is 14.3. The molecule has 4 rings (SSSR count). The Labute approximate surface area is 187 Å². The molecule has 0 aromatic heterocycles. The molecule has 32 heavy (non-hydrogen) atoms. The lowest BCUT2D eigenvalue weighted by Crippen LogP contribution is -2.54. The smallest absolute Gasteiger partial charge is 0.270 e. The zero-order valence-corrected chi connectivity index (χ0v) is 17.4. The van der Waals surface area contributed by atoms with Crippen LogP contribution < -0.4 is 15.0 Å². The largest absolute Gasteiger partial charge is 0.488 e. The number of hydrogen-bond donors (Lipinski definition) is 1. The second-order valence-electron chi connectivity index (χ2n) is 6.87. The molecule has 0 aliphatic carbocycles. The average molecular weight is 450 g/mol. The Morgan fingerprint density at radius 3 is 2.50 bits per heavy atom. The number of halogens is 2. The van der Waals surface area contributed by atoms with Crippen molar-refractivity contribution in [3.8, 4) is 5.75 Å². The van der Waals surface area contributed by atoms with Crippen LogP contribution in [0.5, 0.6) is 5.75 Å². The van der Waals surface area contributed by atoms with Gasteiger partial charge in [0.25, 0.3) is 11.8 Å². The summed E-state index contributed by atoms with van der Waals surface area (Å²) >= 11 is 5.10. The van der Waals surface area contributed by atoms with Crippen LogP contribution in [-0.4, -0.2) is 16.9 Å². The Morgan fingerprint density at radius 1 is 0.969 bits per heavy atom. The van der Waals surface area contributed by atoms with Gasteiger partial charge in [-0.3, -0.25) is 14.9 Å². The SMILES string of the molecule is O=C1NC(=S)N(c2ccccc2F)C(=O)/C1=C/c1ccccc1OCc1cccc(F)c1. The number of carbonyl (C=O) groups is 2. The van der Waals surface area contributed by atoms with Crippen molar-refractivity contribution in [1.29, 1.82) is 0 Å². The maximum atomic E-state index is 14.3. The zero-order valence-electron chi connectivity index (χ0n) is 16.5. The number of hydrogen-bond acceptors (Lipinski definition) is 4. The van der Waals surface area contributed by atoms with E-state index >= 15 is 0 Å². The molecular weight excluding hydrogens is 434 g/mol. The minimum Gasteiger partial charge on any atom is -0.488 e. The summed E-state index contributed by atoms with van der Waals surface area (Å²) < 4.78 is 33.5. The number of para-hydroxylation sites is 2. The fourth-order valence-corrected chi connectivity index (χ4v) is 3.46. The molecule has 1 heterocycles. The number of nitrogens with one attached hydrogen (secondary N) is 1. The van der Waals surface area contributed by atoms with E-state index in [0.29, 0.717) is 16.9 Å². The number of carbonyl (C=O) groups excluding carboxylic acids is 2. The quantitative estimate of drug-likeness (QED) is 0.356. The van der Waals surface area contributed by atoms with Crippen LogP contribution in [0.25, 0.3) is 6.08 Å². The number of amides is 2. The third-order valence-electron chi connectivity index (χ3n) is 4.70. The molecule has 1 saturated heterocycles. The van der Waals surface area contributed by atoms with Gasteiger partial charge in [-0.2, -0.15) is 0 Å². The maximum Gasteiger partial charge on any atom is 0.270 e. The number of benzene rings is 3. The molecule has 0 bridgehead atoms. The van der Waals surface area contributed by atoms with Crippen LogP contribution >= 0.6 is 12.2 Å². The molecule has 5 nitrogen and oxygen atoms in total. The molecule has 0 unspecified atom stereocenters. The van der Waals surface area contributed by atoms with Gasteiger partial charge in [0.2, 0.25) is 0 Å². The van der Waals surface area contributed by atoms with Crippen molar-refractivity contribution in [2.75, 3.05) is 4.90 Å². The molecule has 1 N–H and O–H groups in total. The predicted octanol–water partition coefficient (Wildman–Crippen LogP) is 4.38. The van der Waals surface area contributed by atoms with Crippen molar-refractivity contribution in [2.24, 2.45) is 0 Å². The van der Waals surface area contributed by atoms with E-state index in [1.54, 1.807) is 42.5 Å². The highest BCUT2D eigenvalue weighted by molar-refractivity contribution is 7.80. The first-order valence-corrected chi connectivity index (χ1v) is 9.97. The van der Waals surface area contributed by atoms with Crippen LogP contribution in [0, 0.1) is 11.6 Å². The molecule has 160 valence electrons. The summed E-state index contributed by atoms with van der Waals surface area (Å²) in [6, 6.07) is 18.4. The minimum atomic E-state index is -0.760. The summed E-state index contributed by atoms with van der Waals surface area (Å²) in [5, 5.41) is 2.21. The Balaban J connectivity index is 1.65. The van der Waals surface area contributed by atoms with Gasteiger partial charge in [-0.25, -0.2) is 13.7 Å². The molecule has 1 aliphatic heterocycles. The van der Waals surface area contributed by atoms with E-state index in [1.165, 1.54) is 36.4 Å². The van der Waals surface area contributed by atoms with Gasteiger partial charge in [0, 0.05) is 5.56 Å². The third kappa shape index (κ3) is 4.40. The number of anilines is 1. The summed E-state index contributed by atoms with van der Waals surface area (Å²) in [4.78, 5) is 26.5. The molecule has 3 aromatic rings. The van der Waals surface area contributed by atoms with Crippen LogP contribution in [0.4, 0.5) is 14.5 Å². The number of thiocarbonyl (C=S) groups is 1. The first kappa shape index (κ1) is 21.3. The van der Waals surface area contributed by atoms with Gasteiger partial charge in [0.05, 0.1) is 5.69 Å². The highest BCUT2D eigenvalue weighted by Gasteiger charge is 2.35. The number of rotatable bonds is 5. The van der Waals surface area contributed by atoms with Crippen molar-refractivity contribution < 1.29 is 23.1 Å².